The standard InChI is InChI=1S/C38H33N2O/c1-4-15-28-24-25-31-30-19-10-14-23-35(30)41-37(31)36(28)38-39(26(3)5-2)33-21-12-13-22-34(33)40(38)32-20-11-9-18-29(32)27-16-7-6-8-17-27/h6-14,16-25H,3-5,15H2,1-2H3/q+1. The van der Waals surface area contributed by atoms with E-state index in [1.54, 1.807) is 0 Å². The zero-order valence-corrected chi connectivity index (χ0v) is 23.6. The number of aryl methyl sites for hydroxylation is 1. The van der Waals surface area contributed by atoms with Crippen LogP contribution in [-0.2, 0) is 6.42 Å². The summed E-state index contributed by atoms with van der Waals surface area (Å²) in [5.41, 5.74) is 11.0. The van der Waals surface area contributed by atoms with E-state index < -0.39 is 0 Å². The van der Waals surface area contributed by atoms with Crippen LogP contribution in [0.15, 0.2) is 126 Å². The molecule has 0 aliphatic carbocycles. The van der Waals surface area contributed by atoms with E-state index in [0.717, 1.165) is 75.0 Å². The highest BCUT2D eigenvalue weighted by molar-refractivity contribution is 6.10. The Bertz CT molecular complexity index is 2060. The first-order valence-electron chi connectivity index (χ1n) is 14.5. The molecule has 2 heterocycles. The highest BCUT2D eigenvalue weighted by atomic mass is 16.3. The molecule has 3 nitrogen and oxygen atoms in total. The molecule has 0 saturated carbocycles. The molecule has 3 heteroatoms. The van der Waals surface area contributed by atoms with Gasteiger partial charge < -0.3 is 4.42 Å². The number of furan rings is 1. The Morgan fingerprint density at radius 3 is 2.32 bits per heavy atom. The Morgan fingerprint density at radius 1 is 0.756 bits per heavy atom. The van der Waals surface area contributed by atoms with Gasteiger partial charge in [-0.3, -0.25) is 0 Å². The first kappa shape index (κ1) is 25.1. The van der Waals surface area contributed by atoms with Crippen LogP contribution < -0.4 is 4.57 Å². The Hall–Kier alpha value is -4.89. The molecule has 5 aromatic carbocycles. The van der Waals surface area contributed by atoms with Gasteiger partial charge in [0.15, 0.2) is 16.6 Å². The van der Waals surface area contributed by atoms with Crippen LogP contribution in [0.2, 0.25) is 0 Å². The molecular weight excluding hydrogens is 500 g/mol. The average Bonchev–Trinajstić information content (AvgIpc) is 3.57. The van der Waals surface area contributed by atoms with Gasteiger partial charge in [-0.25, -0.2) is 0 Å². The number of para-hydroxylation sites is 4. The minimum atomic E-state index is 0.825. The molecule has 0 bridgehead atoms. The van der Waals surface area contributed by atoms with Crippen molar-refractivity contribution in [2.75, 3.05) is 0 Å². The summed E-state index contributed by atoms with van der Waals surface area (Å²) in [6.45, 7) is 9.01. The molecule has 0 N–H and O–H groups in total. The lowest BCUT2D eigenvalue weighted by atomic mass is 9.98. The predicted octanol–water partition coefficient (Wildman–Crippen LogP) is 9.98. The van der Waals surface area contributed by atoms with Crippen molar-refractivity contribution in [1.82, 2.24) is 4.57 Å². The molecule has 0 fully saturated rings. The Balaban J connectivity index is 1.70. The Morgan fingerprint density at radius 2 is 1.49 bits per heavy atom. The van der Waals surface area contributed by atoms with Crippen LogP contribution in [0, 0.1) is 0 Å². The molecule has 0 saturated heterocycles. The van der Waals surface area contributed by atoms with Gasteiger partial charge in [-0.1, -0.05) is 118 Å². The molecule has 7 rings (SSSR count). The third-order valence-corrected chi connectivity index (χ3v) is 8.12. The van der Waals surface area contributed by atoms with E-state index in [2.05, 4.69) is 139 Å². The first-order valence-corrected chi connectivity index (χ1v) is 14.5. The number of rotatable bonds is 7. The minimum Gasteiger partial charge on any atom is -0.455 e. The van der Waals surface area contributed by atoms with Crippen molar-refractivity contribution < 1.29 is 8.98 Å². The number of imidazole rings is 1. The lowest BCUT2D eigenvalue weighted by Crippen LogP contribution is -2.34. The van der Waals surface area contributed by atoms with Crippen molar-refractivity contribution in [2.24, 2.45) is 0 Å². The van der Waals surface area contributed by atoms with Gasteiger partial charge in [0.25, 0.3) is 0 Å². The van der Waals surface area contributed by atoms with Gasteiger partial charge in [0.05, 0.1) is 0 Å². The molecule has 41 heavy (non-hydrogen) atoms. The molecular formula is C38H33N2O+. The summed E-state index contributed by atoms with van der Waals surface area (Å²) in [5.74, 6) is 1.08. The monoisotopic (exact) mass is 533 g/mol. The van der Waals surface area contributed by atoms with Crippen LogP contribution in [-0.4, -0.2) is 4.57 Å². The van der Waals surface area contributed by atoms with E-state index >= 15 is 0 Å². The van der Waals surface area contributed by atoms with Crippen molar-refractivity contribution in [3.05, 3.63) is 127 Å². The second-order valence-corrected chi connectivity index (χ2v) is 10.6. The number of benzene rings is 5. The van der Waals surface area contributed by atoms with Gasteiger partial charge in [0.1, 0.15) is 22.5 Å². The molecule has 0 spiro atoms. The van der Waals surface area contributed by atoms with Crippen LogP contribution in [0.3, 0.4) is 0 Å². The second-order valence-electron chi connectivity index (χ2n) is 10.6. The van der Waals surface area contributed by atoms with E-state index in [1.165, 1.54) is 16.7 Å². The topological polar surface area (TPSA) is 21.9 Å². The van der Waals surface area contributed by atoms with Crippen molar-refractivity contribution >= 4 is 38.7 Å². The lowest BCUT2D eigenvalue weighted by molar-refractivity contribution is -0.554. The minimum absolute atomic E-state index is 0.825. The molecule has 0 amide bonds. The summed E-state index contributed by atoms with van der Waals surface area (Å²) in [6, 6.07) is 40.9. The fourth-order valence-electron chi connectivity index (χ4n) is 6.20. The fraction of sp³-hybridized carbons (Fsp3) is 0.132. The first-order chi connectivity index (χ1) is 20.2. The summed E-state index contributed by atoms with van der Waals surface area (Å²) >= 11 is 0. The van der Waals surface area contributed by atoms with Crippen LogP contribution >= 0.6 is 0 Å². The maximum atomic E-state index is 6.74. The number of hydrogen-bond acceptors (Lipinski definition) is 1. The van der Waals surface area contributed by atoms with Gasteiger partial charge in [0, 0.05) is 22.8 Å². The SMILES string of the molecule is C=C(CC)n1c(-c2c(CCC)ccc3c2oc2ccccc23)[n+](-c2ccccc2-c2ccccc2)c2ccccc21. The summed E-state index contributed by atoms with van der Waals surface area (Å²) in [4.78, 5) is 0. The van der Waals surface area contributed by atoms with Crippen molar-refractivity contribution in [3.63, 3.8) is 0 Å². The van der Waals surface area contributed by atoms with Crippen LogP contribution in [0.25, 0.3) is 66.9 Å². The highest BCUT2D eigenvalue weighted by Crippen LogP contribution is 2.41. The summed E-state index contributed by atoms with van der Waals surface area (Å²) < 4.78 is 11.5. The van der Waals surface area contributed by atoms with E-state index in [-0.39, 0.29) is 0 Å². The molecule has 0 unspecified atom stereocenters. The predicted molar refractivity (Wildman–Crippen MR) is 171 cm³/mol. The normalized spacial score (nSPS) is 11.6. The van der Waals surface area contributed by atoms with Crippen LogP contribution in [0.4, 0.5) is 0 Å². The highest BCUT2D eigenvalue weighted by Gasteiger charge is 2.34. The summed E-state index contributed by atoms with van der Waals surface area (Å²) in [5, 5.41) is 2.28. The van der Waals surface area contributed by atoms with Crippen LogP contribution in [0.5, 0.6) is 0 Å². The maximum absolute atomic E-state index is 6.74. The number of nitrogens with zero attached hydrogens (tertiary/aromatic N) is 2. The largest absolute Gasteiger partial charge is 0.455 e. The fourth-order valence-corrected chi connectivity index (χ4v) is 6.20. The van der Waals surface area contributed by atoms with E-state index in [1.807, 2.05) is 6.07 Å². The second kappa shape index (κ2) is 10.3. The van der Waals surface area contributed by atoms with E-state index in [0.29, 0.717) is 0 Å². The van der Waals surface area contributed by atoms with Gasteiger partial charge in [0.2, 0.25) is 0 Å². The number of allylic oxidation sites excluding steroid dienone is 1. The Kier molecular flexibility index (Phi) is 6.28. The van der Waals surface area contributed by atoms with Crippen molar-refractivity contribution in [3.8, 4) is 28.2 Å². The van der Waals surface area contributed by atoms with Gasteiger partial charge in [-0.2, -0.15) is 9.13 Å². The van der Waals surface area contributed by atoms with Crippen LogP contribution in [0.1, 0.15) is 32.3 Å². The molecule has 0 radical (unpaired) electrons. The number of hydrogen-bond donors (Lipinski definition) is 0. The van der Waals surface area contributed by atoms with Gasteiger partial charge in [-0.05, 0) is 41.8 Å². The Labute approximate surface area is 240 Å². The zero-order chi connectivity index (χ0) is 27.9. The van der Waals surface area contributed by atoms with E-state index in [9.17, 15) is 0 Å². The molecule has 0 aliphatic rings. The van der Waals surface area contributed by atoms with E-state index in [4.69, 9.17) is 4.42 Å². The number of fused-ring (bicyclic) bond motifs is 4. The lowest BCUT2D eigenvalue weighted by Gasteiger charge is -2.13. The summed E-state index contributed by atoms with van der Waals surface area (Å²) in [6.07, 6.45) is 2.81. The molecule has 200 valence electrons. The third kappa shape index (κ3) is 4.00. The van der Waals surface area contributed by atoms with Gasteiger partial charge >= 0.3 is 5.82 Å². The third-order valence-electron chi connectivity index (χ3n) is 8.12. The number of aromatic nitrogens is 2. The molecule has 0 aliphatic heterocycles. The van der Waals surface area contributed by atoms with Gasteiger partial charge in [-0.15, -0.1) is 0 Å². The zero-order valence-electron chi connectivity index (χ0n) is 23.6. The summed E-state index contributed by atoms with van der Waals surface area (Å²) in [7, 11) is 0. The molecule has 7 aromatic rings. The van der Waals surface area contributed by atoms with Crippen molar-refractivity contribution in [1.29, 1.82) is 0 Å². The average molecular weight is 534 g/mol. The quantitative estimate of drug-likeness (QED) is 0.187. The molecule has 0 atom stereocenters. The smallest absolute Gasteiger partial charge is 0.304 e. The maximum Gasteiger partial charge on any atom is 0.304 e. The molecule has 2 aromatic heterocycles. The van der Waals surface area contributed by atoms with Crippen molar-refractivity contribution in [2.45, 2.75) is 33.1 Å².